The van der Waals surface area contributed by atoms with E-state index in [4.69, 9.17) is 9.15 Å². The van der Waals surface area contributed by atoms with Crippen LogP contribution in [-0.2, 0) is 11.2 Å². The minimum Gasteiger partial charge on any atom is -0.465 e. The molecule has 1 aromatic heterocycles. The first kappa shape index (κ1) is 17.0. The van der Waals surface area contributed by atoms with Gasteiger partial charge in [-0.3, -0.25) is 0 Å². The molecule has 0 amide bonds. The molecule has 3 heterocycles. The summed E-state index contributed by atoms with van der Waals surface area (Å²) in [5.41, 5.74) is 6.73. The summed E-state index contributed by atoms with van der Waals surface area (Å²) in [7, 11) is 0. The van der Waals surface area contributed by atoms with Crippen LogP contribution >= 0.6 is 0 Å². The average molecular weight is 398 g/mol. The van der Waals surface area contributed by atoms with E-state index in [0.29, 0.717) is 23.9 Å². The van der Waals surface area contributed by atoms with E-state index in [2.05, 4.69) is 61.3 Å². The van der Waals surface area contributed by atoms with E-state index >= 15 is 0 Å². The van der Waals surface area contributed by atoms with Crippen molar-refractivity contribution >= 4 is 18.2 Å². The minimum atomic E-state index is 0.344. The maximum Gasteiger partial charge on any atom is 0.131 e. The molecule has 0 fully saturated rings. The van der Waals surface area contributed by atoms with Gasteiger partial charge in [-0.1, -0.05) is 24.3 Å². The van der Waals surface area contributed by atoms with Gasteiger partial charge in [-0.15, -0.1) is 0 Å². The van der Waals surface area contributed by atoms with Crippen molar-refractivity contribution in [2.75, 3.05) is 0 Å². The molecule has 0 saturated carbocycles. The van der Waals surface area contributed by atoms with Crippen LogP contribution in [0.5, 0.6) is 0 Å². The lowest BCUT2D eigenvalue weighted by molar-refractivity contribution is 0.240. The van der Waals surface area contributed by atoms with Gasteiger partial charge in [0.1, 0.15) is 22.7 Å². The van der Waals surface area contributed by atoms with Gasteiger partial charge >= 0.3 is 0 Å². The minimum absolute atomic E-state index is 0.344. The molecule has 2 aliphatic heterocycles. The van der Waals surface area contributed by atoms with Crippen LogP contribution in [0.4, 0.5) is 0 Å². The third-order valence-electron chi connectivity index (χ3n) is 7.64. The molecular weight excluding hydrogens is 370 g/mol. The molecule has 0 aromatic carbocycles. The fourth-order valence-electron chi connectivity index (χ4n) is 6.38. The lowest BCUT2D eigenvalue weighted by Crippen LogP contribution is -2.42. The summed E-state index contributed by atoms with van der Waals surface area (Å²) < 4.78 is 12.7. The molecule has 6 aliphatic rings. The molecule has 0 saturated heterocycles. The van der Waals surface area contributed by atoms with Crippen molar-refractivity contribution in [3.8, 4) is 0 Å². The van der Waals surface area contributed by atoms with Crippen LogP contribution in [0.1, 0.15) is 50.9 Å². The van der Waals surface area contributed by atoms with Crippen LogP contribution < -0.4 is 10.6 Å². The van der Waals surface area contributed by atoms with Crippen LogP contribution in [-0.4, -0.2) is 17.0 Å². The highest BCUT2D eigenvalue weighted by Gasteiger charge is 2.46. The number of nitrogens with zero attached hydrogens (tertiary/aromatic N) is 1. The topological polar surface area (TPSA) is 25.6 Å². The molecule has 0 bridgehead atoms. The normalized spacial score (nSPS) is 30.0. The summed E-state index contributed by atoms with van der Waals surface area (Å²) in [6.45, 7) is 4.66. The van der Waals surface area contributed by atoms with E-state index in [1.165, 1.54) is 33.4 Å². The first-order valence-electron chi connectivity index (χ1n) is 11.5. The van der Waals surface area contributed by atoms with Crippen LogP contribution in [0.25, 0.3) is 18.2 Å². The third kappa shape index (κ3) is 2.16. The Morgan fingerprint density at radius 2 is 1.90 bits per heavy atom. The number of allylic oxidation sites excluding steroid dienone is 7. The smallest absolute Gasteiger partial charge is 0.131 e. The zero-order valence-corrected chi connectivity index (χ0v) is 17.7. The maximum atomic E-state index is 6.37. The Balaban J connectivity index is 1.36. The van der Waals surface area contributed by atoms with Gasteiger partial charge in [0, 0.05) is 53.3 Å². The van der Waals surface area contributed by atoms with E-state index in [-0.39, 0.29) is 0 Å². The number of rotatable bonds is 1. The lowest BCUT2D eigenvalue weighted by Gasteiger charge is -2.35. The highest BCUT2D eigenvalue weighted by atomic mass is 16.5. The van der Waals surface area contributed by atoms with Crippen molar-refractivity contribution in [1.82, 2.24) is 4.90 Å². The first-order chi connectivity index (χ1) is 14.7. The monoisotopic (exact) mass is 397 g/mol. The highest BCUT2D eigenvalue weighted by molar-refractivity contribution is 5.64. The predicted molar refractivity (Wildman–Crippen MR) is 118 cm³/mol. The molecule has 0 N–H and O–H groups in total. The van der Waals surface area contributed by atoms with Crippen LogP contribution in [0.15, 0.2) is 57.1 Å². The highest BCUT2D eigenvalue weighted by Crippen LogP contribution is 2.51. The Morgan fingerprint density at radius 1 is 1.03 bits per heavy atom. The molecule has 4 aliphatic carbocycles. The summed E-state index contributed by atoms with van der Waals surface area (Å²) in [4.78, 5) is 2.67. The standard InChI is InChI=1S/C27H27NO2/c1-15(2)28-22-11-20-16-7-3-5-9-24(16)29-26(20)13-18(22)19-14-27-21(12-23(19)28)17-8-4-6-10-25(17)30-27/h3-4,7-8,11,13-15,18,21-22H,5-6,9-10,12H2,1-2H3. The fourth-order valence-corrected chi connectivity index (χ4v) is 6.38. The fraction of sp³-hybridized carbons (Fsp3) is 0.407. The van der Waals surface area contributed by atoms with E-state index in [1.54, 1.807) is 0 Å². The predicted octanol–water partition coefficient (Wildman–Crippen LogP) is 4.31. The van der Waals surface area contributed by atoms with Gasteiger partial charge in [0.15, 0.2) is 0 Å². The zero-order valence-electron chi connectivity index (χ0n) is 17.7. The summed E-state index contributed by atoms with van der Waals surface area (Å²) >= 11 is 0. The molecular formula is C27H27NO2. The van der Waals surface area contributed by atoms with E-state index < -0.39 is 0 Å². The van der Waals surface area contributed by atoms with Gasteiger partial charge in [0.2, 0.25) is 0 Å². The number of hydrogen-bond acceptors (Lipinski definition) is 3. The SMILES string of the molecule is CC(C)N1C2=C(C=C3OC4=C(C=CCC4)C3C2)C2C=c3oc4c(c3=CC21)C=CCC4. The third-order valence-corrected chi connectivity index (χ3v) is 7.64. The number of fused-ring (bicyclic) bond motifs is 7. The molecule has 30 heavy (non-hydrogen) atoms. The Bertz CT molecular complexity index is 1250. The largest absolute Gasteiger partial charge is 0.465 e. The van der Waals surface area contributed by atoms with Crippen molar-refractivity contribution in [3.63, 3.8) is 0 Å². The Hall–Kier alpha value is -2.68. The molecule has 3 nitrogen and oxygen atoms in total. The maximum absolute atomic E-state index is 6.37. The molecule has 3 heteroatoms. The summed E-state index contributed by atoms with van der Waals surface area (Å²) in [6.07, 6.45) is 21.7. The van der Waals surface area contributed by atoms with Crippen molar-refractivity contribution in [1.29, 1.82) is 0 Å². The van der Waals surface area contributed by atoms with E-state index in [9.17, 15) is 0 Å². The molecule has 0 radical (unpaired) electrons. The number of ether oxygens (including phenoxy) is 1. The second-order valence-electron chi connectivity index (χ2n) is 9.64. The Morgan fingerprint density at radius 3 is 2.80 bits per heavy atom. The number of hydrogen-bond donors (Lipinski definition) is 0. The first-order valence-corrected chi connectivity index (χ1v) is 11.5. The van der Waals surface area contributed by atoms with Gasteiger partial charge in [0.25, 0.3) is 0 Å². The van der Waals surface area contributed by atoms with Gasteiger partial charge in [-0.05, 0) is 50.5 Å². The van der Waals surface area contributed by atoms with Crippen LogP contribution in [0.2, 0.25) is 0 Å². The van der Waals surface area contributed by atoms with Gasteiger partial charge in [-0.25, -0.2) is 0 Å². The number of furan rings is 1. The van der Waals surface area contributed by atoms with Crippen molar-refractivity contribution in [3.05, 3.63) is 74.6 Å². The lowest BCUT2D eigenvalue weighted by atomic mass is 9.82. The van der Waals surface area contributed by atoms with Gasteiger partial charge in [0.05, 0.1) is 12.0 Å². The van der Waals surface area contributed by atoms with E-state index in [0.717, 1.165) is 49.0 Å². The van der Waals surface area contributed by atoms with Gasteiger partial charge in [-0.2, -0.15) is 0 Å². The quantitative estimate of drug-likeness (QED) is 0.706. The zero-order chi connectivity index (χ0) is 20.0. The van der Waals surface area contributed by atoms with E-state index in [1.807, 2.05) is 0 Å². The summed E-state index contributed by atoms with van der Waals surface area (Å²) in [5, 5.41) is 1.30. The van der Waals surface area contributed by atoms with Crippen LogP contribution in [0, 0.1) is 11.8 Å². The second kappa shape index (κ2) is 5.94. The van der Waals surface area contributed by atoms with Crippen molar-refractivity contribution in [2.45, 2.75) is 58.0 Å². The molecule has 0 spiro atoms. The summed E-state index contributed by atoms with van der Waals surface area (Å²) in [5.74, 6) is 4.26. The van der Waals surface area contributed by atoms with Crippen molar-refractivity contribution in [2.24, 2.45) is 11.8 Å². The average Bonchev–Trinajstić information content (AvgIpc) is 3.39. The Kier molecular flexibility index (Phi) is 3.37. The molecule has 3 unspecified atom stereocenters. The number of aryl methyl sites for hydroxylation is 1. The molecule has 7 rings (SSSR count). The van der Waals surface area contributed by atoms with Crippen LogP contribution in [0.3, 0.4) is 0 Å². The Labute approximate surface area is 177 Å². The van der Waals surface area contributed by atoms with Gasteiger partial charge < -0.3 is 14.1 Å². The molecule has 1 aromatic rings. The molecule has 152 valence electrons. The second-order valence-corrected chi connectivity index (χ2v) is 9.64. The summed E-state index contributed by atoms with van der Waals surface area (Å²) in [6, 6.07) is 0.827. The molecule has 3 atom stereocenters. The van der Waals surface area contributed by atoms with Crippen molar-refractivity contribution < 1.29 is 9.15 Å².